The number of aryl methyl sites for hydroxylation is 1. The number of ketones is 1. The molecule has 76 valence electrons. The van der Waals surface area contributed by atoms with E-state index in [9.17, 15) is 9.18 Å². The summed E-state index contributed by atoms with van der Waals surface area (Å²) in [5, 5.41) is 0. The summed E-state index contributed by atoms with van der Waals surface area (Å²) in [4.78, 5) is 19.3. The van der Waals surface area contributed by atoms with Crippen LogP contribution in [0.15, 0.2) is 31.0 Å². The highest BCUT2D eigenvalue weighted by Crippen LogP contribution is 2.08. The Kier molecular flexibility index (Phi) is 2.29. The van der Waals surface area contributed by atoms with Gasteiger partial charge in [0.15, 0.2) is 0 Å². The number of halogens is 1. The highest BCUT2D eigenvalue weighted by atomic mass is 19.1. The lowest BCUT2D eigenvalue weighted by atomic mass is 10.1. The summed E-state index contributed by atoms with van der Waals surface area (Å²) in [5.74, 6) is -0.815. The average Bonchev–Trinajstić information content (AvgIpc) is 2.63. The molecule has 0 N–H and O–H groups in total. The number of imidazole rings is 1. The minimum atomic E-state index is -0.525. The number of aromatic nitrogens is 3. The third-order valence-corrected chi connectivity index (χ3v) is 2.02. The van der Waals surface area contributed by atoms with Crippen LogP contribution in [-0.2, 0) is 7.05 Å². The summed E-state index contributed by atoms with van der Waals surface area (Å²) in [5.41, 5.74) is 0.626. The molecule has 0 saturated heterocycles. The van der Waals surface area contributed by atoms with Gasteiger partial charge < -0.3 is 4.57 Å². The third-order valence-electron chi connectivity index (χ3n) is 2.02. The van der Waals surface area contributed by atoms with E-state index in [4.69, 9.17) is 0 Å². The zero-order valence-electron chi connectivity index (χ0n) is 8.01. The molecular weight excluding hydrogens is 197 g/mol. The first-order chi connectivity index (χ1) is 7.18. The van der Waals surface area contributed by atoms with E-state index in [1.807, 2.05) is 0 Å². The molecule has 2 rings (SSSR count). The van der Waals surface area contributed by atoms with Gasteiger partial charge in [-0.3, -0.25) is 9.78 Å². The molecule has 2 aromatic rings. The second-order valence-electron chi connectivity index (χ2n) is 3.11. The lowest BCUT2D eigenvalue weighted by Crippen LogP contribution is -2.07. The first-order valence-electron chi connectivity index (χ1n) is 4.30. The van der Waals surface area contributed by atoms with Crippen LogP contribution < -0.4 is 0 Å². The molecule has 4 nitrogen and oxygen atoms in total. The van der Waals surface area contributed by atoms with Gasteiger partial charge in [-0.05, 0) is 6.07 Å². The van der Waals surface area contributed by atoms with E-state index >= 15 is 0 Å². The van der Waals surface area contributed by atoms with Gasteiger partial charge in [0, 0.05) is 18.8 Å². The van der Waals surface area contributed by atoms with E-state index in [2.05, 4.69) is 9.97 Å². The van der Waals surface area contributed by atoms with Crippen molar-refractivity contribution in [2.24, 2.45) is 7.05 Å². The van der Waals surface area contributed by atoms with Crippen molar-refractivity contribution >= 4 is 5.78 Å². The van der Waals surface area contributed by atoms with Crippen molar-refractivity contribution in [3.05, 3.63) is 48.1 Å². The number of pyridine rings is 1. The Bertz CT molecular complexity index is 507. The fraction of sp³-hybridized carbons (Fsp3) is 0.100. The number of nitrogens with zero attached hydrogens (tertiary/aromatic N) is 3. The molecule has 0 aliphatic carbocycles. The molecule has 0 spiro atoms. The maximum Gasteiger partial charge on any atom is 0.212 e. The highest BCUT2D eigenvalue weighted by molar-refractivity contribution is 6.07. The van der Waals surface area contributed by atoms with Gasteiger partial charge in [0.1, 0.15) is 11.5 Å². The fourth-order valence-electron chi connectivity index (χ4n) is 1.26. The smallest absolute Gasteiger partial charge is 0.212 e. The quantitative estimate of drug-likeness (QED) is 0.692. The standard InChI is InChI=1S/C10H8FN3O/c1-14-6-13-5-9(14)10(15)7-2-8(11)4-12-3-7/h2-6H,1H3. The SMILES string of the molecule is Cn1cncc1C(=O)c1cncc(F)c1. The Morgan fingerprint density at radius 1 is 1.33 bits per heavy atom. The van der Waals surface area contributed by atoms with Crippen molar-refractivity contribution in [2.45, 2.75) is 0 Å². The minimum absolute atomic E-state index is 0.221. The van der Waals surface area contributed by atoms with Crippen molar-refractivity contribution in [3.8, 4) is 0 Å². The molecule has 0 aliphatic heterocycles. The van der Waals surface area contributed by atoms with Crippen LogP contribution in [0.1, 0.15) is 16.1 Å². The third kappa shape index (κ3) is 1.76. The van der Waals surface area contributed by atoms with Crippen LogP contribution >= 0.6 is 0 Å². The molecule has 0 aromatic carbocycles. The highest BCUT2D eigenvalue weighted by Gasteiger charge is 2.13. The zero-order valence-corrected chi connectivity index (χ0v) is 8.01. The second-order valence-corrected chi connectivity index (χ2v) is 3.11. The molecular formula is C10H8FN3O. The lowest BCUT2D eigenvalue weighted by molar-refractivity contribution is 0.103. The maximum atomic E-state index is 12.8. The molecule has 0 saturated carbocycles. The average molecular weight is 205 g/mol. The summed E-state index contributed by atoms with van der Waals surface area (Å²) in [7, 11) is 1.70. The van der Waals surface area contributed by atoms with Crippen LogP contribution in [0.4, 0.5) is 4.39 Å². The zero-order chi connectivity index (χ0) is 10.8. The van der Waals surface area contributed by atoms with Crippen LogP contribution in [0.5, 0.6) is 0 Å². The van der Waals surface area contributed by atoms with Gasteiger partial charge >= 0.3 is 0 Å². The second kappa shape index (κ2) is 3.61. The van der Waals surface area contributed by atoms with Crippen molar-refractivity contribution in [1.82, 2.24) is 14.5 Å². The number of carbonyl (C=O) groups excluding carboxylic acids is 1. The summed E-state index contributed by atoms with van der Waals surface area (Å²) < 4.78 is 14.4. The summed E-state index contributed by atoms with van der Waals surface area (Å²) in [6.45, 7) is 0. The summed E-state index contributed by atoms with van der Waals surface area (Å²) in [6, 6.07) is 1.16. The van der Waals surface area contributed by atoms with Gasteiger partial charge in [0.05, 0.1) is 18.7 Å². The van der Waals surface area contributed by atoms with E-state index in [1.54, 1.807) is 11.6 Å². The molecule has 2 aromatic heterocycles. The lowest BCUT2D eigenvalue weighted by Gasteiger charge is -2.00. The number of hydrogen-bond donors (Lipinski definition) is 0. The number of hydrogen-bond acceptors (Lipinski definition) is 3. The van der Waals surface area contributed by atoms with Gasteiger partial charge in [0.2, 0.25) is 5.78 Å². The van der Waals surface area contributed by atoms with Crippen LogP contribution in [0.2, 0.25) is 0 Å². The van der Waals surface area contributed by atoms with Crippen molar-refractivity contribution < 1.29 is 9.18 Å². The topological polar surface area (TPSA) is 47.8 Å². The van der Waals surface area contributed by atoms with Crippen LogP contribution in [0.3, 0.4) is 0 Å². The van der Waals surface area contributed by atoms with Crippen LogP contribution in [-0.4, -0.2) is 20.3 Å². The van der Waals surface area contributed by atoms with Crippen molar-refractivity contribution in [2.75, 3.05) is 0 Å². The molecule has 0 amide bonds. The fourth-order valence-corrected chi connectivity index (χ4v) is 1.26. The monoisotopic (exact) mass is 205 g/mol. The Labute approximate surface area is 85.4 Å². The molecule has 0 unspecified atom stereocenters. The van der Waals surface area contributed by atoms with Gasteiger partial charge in [-0.1, -0.05) is 0 Å². The Morgan fingerprint density at radius 2 is 2.13 bits per heavy atom. The molecule has 0 atom stereocenters. The molecule has 0 aliphatic rings. The van der Waals surface area contributed by atoms with E-state index in [0.717, 1.165) is 12.3 Å². The van der Waals surface area contributed by atoms with E-state index < -0.39 is 5.82 Å². The van der Waals surface area contributed by atoms with Gasteiger partial charge in [-0.15, -0.1) is 0 Å². The van der Waals surface area contributed by atoms with E-state index in [0.29, 0.717) is 5.69 Å². The van der Waals surface area contributed by atoms with Crippen molar-refractivity contribution in [1.29, 1.82) is 0 Å². The Hall–Kier alpha value is -2.04. The maximum absolute atomic E-state index is 12.8. The Morgan fingerprint density at radius 3 is 2.73 bits per heavy atom. The predicted octanol–water partition coefficient (Wildman–Crippen LogP) is 1.19. The molecule has 0 bridgehead atoms. The van der Waals surface area contributed by atoms with E-state index in [-0.39, 0.29) is 11.3 Å². The van der Waals surface area contributed by atoms with Gasteiger partial charge in [0.25, 0.3) is 0 Å². The largest absolute Gasteiger partial charge is 0.331 e. The molecule has 5 heteroatoms. The predicted molar refractivity (Wildman–Crippen MR) is 50.8 cm³/mol. The van der Waals surface area contributed by atoms with Crippen LogP contribution in [0, 0.1) is 5.82 Å². The molecule has 2 heterocycles. The van der Waals surface area contributed by atoms with Gasteiger partial charge in [-0.2, -0.15) is 0 Å². The molecule has 0 fully saturated rings. The Balaban J connectivity index is 2.41. The normalized spacial score (nSPS) is 10.3. The van der Waals surface area contributed by atoms with E-state index in [1.165, 1.54) is 18.7 Å². The minimum Gasteiger partial charge on any atom is -0.331 e. The summed E-state index contributed by atoms with van der Waals surface area (Å²) in [6.07, 6.45) is 5.34. The van der Waals surface area contributed by atoms with Crippen LogP contribution in [0.25, 0.3) is 0 Å². The molecule has 15 heavy (non-hydrogen) atoms. The first kappa shape index (κ1) is 9.51. The van der Waals surface area contributed by atoms with Gasteiger partial charge in [-0.25, -0.2) is 9.37 Å². The van der Waals surface area contributed by atoms with Crippen molar-refractivity contribution in [3.63, 3.8) is 0 Å². The summed E-state index contributed by atoms with van der Waals surface area (Å²) >= 11 is 0. The first-order valence-corrected chi connectivity index (χ1v) is 4.30. The number of carbonyl (C=O) groups is 1. The number of rotatable bonds is 2. The molecule has 0 radical (unpaired) electrons.